The summed E-state index contributed by atoms with van der Waals surface area (Å²) in [5.41, 5.74) is 3.14. The van der Waals surface area contributed by atoms with Crippen LogP contribution in [-0.4, -0.2) is 32.7 Å². The molecule has 0 atom stereocenters. The zero-order chi connectivity index (χ0) is 17.6. The lowest BCUT2D eigenvalue weighted by atomic mass is 10.1. The van der Waals surface area contributed by atoms with E-state index in [-0.39, 0.29) is 0 Å². The lowest BCUT2D eigenvalue weighted by Crippen LogP contribution is -2.24. The van der Waals surface area contributed by atoms with Crippen molar-refractivity contribution in [1.82, 2.24) is 9.71 Å². The van der Waals surface area contributed by atoms with Gasteiger partial charge in [0.25, 0.3) is 0 Å². The molecule has 0 aliphatic rings. The van der Waals surface area contributed by atoms with Crippen LogP contribution in [0.5, 0.6) is 0 Å². The van der Waals surface area contributed by atoms with Crippen molar-refractivity contribution in [2.45, 2.75) is 26.7 Å². The highest BCUT2D eigenvalue weighted by Gasteiger charge is 2.05. The fourth-order valence-corrected chi connectivity index (χ4v) is 3.40. The number of hydrogen-bond donors (Lipinski definition) is 2. The number of nitrogens with one attached hydrogen (secondary N) is 2. The van der Waals surface area contributed by atoms with E-state index in [9.17, 15) is 8.42 Å². The van der Waals surface area contributed by atoms with Crippen LogP contribution in [0.3, 0.4) is 0 Å². The first kappa shape index (κ1) is 18.9. The molecular weight excluding hydrogens is 342 g/mol. The van der Waals surface area contributed by atoms with Crippen molar-refractivity contribution in [2.75, 3.05) is 24.7 Å². The Labute approximate surface area is 148 Å². The normalized spacial score (nSPS) is 11.8. The monoisotopic (exact) mass is 367 g/mol. The third-order valence-electron chi connectivity index (χ3n) is 3.53. The summed E-state index contributed by atoms with van der Waals surface area (Å²) in [4.78, 5) is 4.62. The van der Waals surface area contributed by atoms with Gasteiger partial charge in [0, 0.05) is 24.0 Å². The fraction of sp³-hybridized carbons (Fsp3) is 0.471. The standard InChI is InChI=1S/C17H25N3O2S2/c1-13(2)8-10-18-17-20-16(12-23-17)15-6-4-14(5-7-15)9-11-19-24(3,21)22/h4-7,12-13,19H,8-11H2,1-3H3,(H,18,20). The number of rotatable bonds is 9. The van der Waals surface area contributed by atoms with Gasteiger partial charge < -0.3 is 5.32 Å². The Balaban J connectivity index is 1.90. The zero-order valence-electron chi connectivity index (χ0n) is 14.4. The van der Waals surface area contributed by atoms with E-state index in [0.29, 0.717) is 18.9 Å². The van der Waals surface area contributed by atoms with E-state index in [2.05, 4.69) is 34.3 Å². The van der Waals surface area contributed by atoms with E-state index in [4.69, 9.17) is 0 Å². The van der Waals surface area contributed by atoms with Crippen molar-refractivity contribution in [3.8, 4) is 11.3 Å². The molecule has 1 heterocycles. The Morgan fingerprint density at radius 3 is 2.50 bits per heavy atom. The molecule has 132 valence electrons. The second-order valence-corrected chi connectivity index (χ2v) is 8.95. The van der Waals surface area contributed by atoms with E-state index in [0.717, 1.165) is 34.9 Å². The van der Waals surface area contributed by atoms with Gasteiger partial charge in [-0.25, -0.2) is 18.1 Å². The number of nitrogens with zero attached hydrogens (tertiary/aromatic N) is 1. The molecule has 7 heteroatoms. The molecule has 1 aromatic carbocycles. The molecule has 2 rings (SSSR count). The van der Waals surface area contributed by atoms with E-state index >= 15 is 0 Å². The summed E-state index contributed by atoms with van der Waals surface area (Å²) in [5.74, 6) is 0.682. The minimum Gasteiger partial charge on any atom is -0.361 e. The van der Waals surface area contributed by atoms with Crippen molar-refractivity contribution < 1.29 is 8.42 Å². The SMILES string of the molecule is CC(C)CCNc1nc(-c2ccc(CCNS(C)(=O)=O)cc2)cs1. The summed E-state index contributed by atoms with van der Waals surface area (Å²) in [6.07, 6.45) is 2.97. The van der Waals surface area contributed by atoms with Gasteiger partial charge >= 0.3 is 0 Å². The average molecular weight is 368 g/mol. The van der Waals surface area contributed by atoms with Crippen molar-refractivity contribution in [1.29, 1.82) is 0 Å². The van der Waals surface area contributed by atoms with Gasteiger partial charge in [-0.1, -0.05) is 38.1 Å². The van der Waals surface area contributed by atoms with Gasteiger partial charge in [-0.15, -0.1) is 11.3 Å². The van der Waals surface area contributed by atoms with Crippen molar-refractivity contribution in [3.63, 3.8) is 0 Å². The Kier molecular flexibility index (Phi) is 6.77. The molecule has 0 spiro atoms. The second-order valence-electron chi connectivity index (χ2n) is 6.26. The molecule has 0 bridgehead atoms. The first-order valence-corrected chi connectivity index (χ1v) is 10.8. The number of anilines is 1. The maximum Gasteiger partial charge on any atom is 0.208 e. The molecule has 2 N–H and O–H groups in total. The quantitative estimate of drug-likeness (QED) is 0.713. The predicted octanol–water partition coefficient (Wildman–Crippen LogP) is 3.36. The smallest absolute Gasteiger partial charge is 0.208 e. The van der Waals surface area contributed by atoms with Gasteiger partial charge in [-0.3, -0.25) is 0 Å². The Hall–Kier alpha value is -1.44. The van der Waals surface area contributed by atoms with Gasteiger partial charge in [-0.2, -0.15) is 0 Å². The van der Waals surface area contributed by atoms with Crippen molar-refractivity contribution >= 4 is 26.5 Å². The molecule has 0 aliphatic carbocycles. The van der Waals surface area contributed by atoms with Crippen LogP contribution in [0.2, 0.25) is 0 Å². The summed E-state index contributed by atoms with van der Waals surface area (Å²) < 4.78 is 24.6. The first-order valence-electron chi connectivity index (χ1n) is 8.07. The van der Waals surface area contributed by atoms with Crippen LogP contribution in [0.1, 0.15) is 25.8 Å². The average Bonchev–Trinajstić information content (AvgIpc) is 2.95. The van der Waals surface area contributed by atoms with E-state index in [1.807, 2.05) is 24.3 Å². The molecule has 5 nitrogen and oxygen atoms in total. The van der Waals surface area contributed by atoms with Gasteiger partial charge in [0.2, 0.25) is 10.0 Å². The molecule has 0 saturated carbocycles. The molecule has 0 amide bonds. The summed E-state index contributed by atoms with van der Waals surface area (Å²) >= 11 is 1.62. The van der Waals surface area contributed by atoms with Crippen LogP contribution in [0, 0.1) is 5.92 Å². The number of hydrogen-bond acceptors (Lipinski definition) is 5. The first-order chi connectivity index (χ1) is 11.3. The Morgan fingerprint density at radius 2 is 1.88 bits per heavy atom. The van der Waals surface area contributed by atoms with Gasteiger partial charge in [0.05, 0.1) is 11.9 Å². The topological polar surface area (TPSA) is 71.1 Å². The molecule has 0 radical (unpaired) electrons. The minimum absolute atomic E-state index is 0.415. The van der Waals surface area contributed by atoms with Crippen molar-refractivity contribution in [2.24, 2.45) is 5.92 Å². The van der Waals surface area contributed by atoms with Crippen LogP contribution in [0.25, 0.3) is 11.3 Å². The van der Waals surface area contributed by atoms with Gasteiger partial charge in [0.15, 0.2) is 5.13 Å². The molecule has 0 aliphatic heterocycles. The molecular formula is C17H25N3O2S2. The largest absolute Gasteiger partial charge is 0.361 e. The third kappa shape index (κ3) is 6.59. The molecule has 24 heavy (non-hydrogen) atoms. The van der Waals surface area contributed by atoms with Crippen LogP contribution in [0.15, 0.2) is 29.6 Å². The van der Waals surface area contributed by atoms with E-state index < -0.39 is 10.0 Å². The number of thiazole rings is 1. The third-order valence-corrected chi connectivity index (χ3v) is 5.06. The molecule has 0 unspecified atom stereocenters. The summed E-state index contributed by atoms with van der Waals surface area (Å²) in [6, 6.07) is 8.10. The predicted molar refractivity (Wildman–Crippen MR) is 102 cm³/mol. The summed E-state index contributed by atoms with van der Waals surface area (Å²) in [5, 5.41) is 6.37. The summed E-state index contributed by atoms with van der Waals surface area (Å²) in [7, 11) is -3.12. The van der Waals surface area contributed by atoms with E-state index in [1.165, 1.54) is 6.26 Å². The molecule has 0 fully saturated rings. The molecule has 1 aromatic heterocycles. The number of aromatic nitrogens is 1. The minimum atomic E-state index is -3.12. The highest BCUT2D eigenvalue weighted by Crippen LogP contribution is 2.25. The molecule has 0 saturated heterocycles. The maximum absolute atomic E-state index is 11.1. The number of sulfonamides is 1. The Bertz CT molecular complexity index is 737. The van der Waals surface area contributed by atoms with Gasteiger partial charge in [0.1, 0.15) is 0 Å². The molecule has 2 aromatic rings. The second kappa shape index (κ2) is 8.60. The zero-order valence-corrected chi connectivity index (χ0v) is 16.0. The van der Waals surface area contributed by atoms with E-state index in [1.54, 1.807) is 11.3 Å². The highest BCUT2D eigenvalue weighted by molar-refractivity contribution is 7.88. The van der Waals surface area contributed by atoms with Crippen LogP contribution in [-0.2, 0) is 16.4 Å². The lowest BCUT2D eigenvalue weighted by molar-refractivity contribution is 0.588. The maximum atomic E-state index is 11.1. The van der Waals surface area contributed by atoms with Crippen LogP contribution >= 0.6 is 11.3 Å². The Morgan fingerprint density at radius 1 is 1.17 bits per heavy atom. The van der Waals surface area contributed by atoms with Crippen LogP contribution < -0.4 is 10.0 Å². The van der Waals surface area contributed by atoms with Crippen LogP contribution in [0.4, 0.5) is 5.13 Å². The number of benzene rings is 1. The highest BCUT2D eigenvalue weighted by atomic mass is 32.2. The summed E-state index contributed by atoms with van der Waals surface area (Å²) in [6.45, 7) is 5.78. The van der Waals surface area contributed by atoms with Crippen molar-refractivity contribution in [3.05, 3.63) is 35.2 Å². The lowest BCUT2D eigenvalue weighted by Gasteiger charge is -2.05. The fourth-order valence-electron chi connectivity index (χ4n) is 2.18. The van der Waals surface area contributed by atoms with Gasteiger partial charge in [-0.05, 0) is 24.3 Å².